The molecule has 0 unspecified atom stereocenters. The van der Waals surface area contributed by atoms with Crippen LogP contribution in [0.25, 0.3) is 0 Å². The van der Waals surface area contributed by atoms with Crippen LogP contribution in [0, 0.1) is 13.7 Å². The topological polar surface area (TPSA) is 82.0 Å². The number of alkyl halides is 2. The average molecular weight is 329 g/mol. The highest BCUT2D eigenvalue weighted by Gasteiger charge is 2.27. The Bertz CT molecular complexity index is 400. The molecule has 0 bridgehead atoms. The monoisotopic (exact) mass is 329 g/mol. The van der Waals surface area contributed by atoms with Crippen molar-refractivity contribution < 1.29 is 13.7 Å². The van der Waals surface area contributed by atoms with Gasteiger partial charge in [-0.2, -0.15) is 0 Å². The van der Waals surface area contributed by atoms with Gasteiger partial charge in [0.15, 0.2) is 0 Å². The summed E-state index contributed by atoms with van der Waals surface area (Å²) in [5.74, 6) is -0.813. The van der Waals surface area contributed by atoms with Crippen LogP contribution in [0.1, 0.15) is 17.6 Å². The van der Waals surface area contributed by atoms with Gasteiger partial charge < -0.3 is 15.8 Å². The molecule has 0 amide bonds. The zero-order valence-electron chi connectivity index (χ0n) is 7.28. The zero-order valence-corrected chi connectivity index (χ0v) is 9.44. The first kappa shape index (κ1) is 12.2. The first-order chi connectivity index (χ1) is 6.99. The zero-order chi connectivity index (χ0) is 11.6. The number of nitrogens with zero attached hydrogens (tertiary/aromatic N) is 2. The largest absolute Gasteiger partial charge is 0.373 e. The minimum Gasteiger partial charge on any atom is -0.358 e. The van der Waals surface area contributed by atoms with Crippen LogP contribution in [0.4, 0.5) is 14.6 Å². The van der Waals surface area contributed by atoms with E-state index in [1.807, 2.05) is 0 Å². The molecule has 1 aromatic heterocycles. The van der Waals surface area contributed by atoms with E-state index >= 15 is 0 Å². The lowest BCUT2D eigenvalue weighted by Gasteiger charge is -2.06. The summed E-state index contributed by atoms with van der Waals surface area (Å²) in [6, 6.07) is 0. The van der Waals surface area contributed by atoms with Gasteiger partial charge in [0.2, 0.25) is 0 Å². The van der Waals surface area contributed by atoms with E-state index < -0.39 is 22.7 Å². The summed E-state index contributed by atoms with van der Waals surface area (Å²) in [4.78, 5) is 12.9. The van der Waals surface area contributed by atoms with E-state index in [1.54, 1.807) is 22.6 Å². The van der Waals surface area contributed by atoms with Crippen LogP contribution in [0.2, 0.25) is 0 Å². The van der Waals surface area contributed by atoms with Gasteiger partial charge in [-0.3, -0.25) is 0 Å². The number of aromatic nitrogens is 1. The smallest absolute Gasteiger partial charge is 0.358 e. The molecule has 0 radical (unpaired) electrons. The molecule has 82 valence electrons. The highest BCUT2D eigenvalue weighted by atomic mass is 127. The molecule has 1 heterocycles. The predicted molar refractivity (Wildman–Crippen MR) is 56.5 cm³/mol. The van der Waals surface area contributed by atoms with Crippen molar-refractivity contribution in [1.29, 1.82) is 0 Å². The first-order valence-corrected chi connectivity index (χ1v) is 4.86. The lowest BCUT2D eigenvalue weighted by atomic mass is 10.2. The minimum absolute atomic E-state index is 0.0169. The summed E-state index contributed by atoms with van der Waals surface area (Å²) < 4.78 is 25.3. The van der Waals surface area contributed by atoms with Gasteiger partial charge in [-0.1, -0.05) is 0 Å². The van der Waals surface area contributed by atoms with Crippen LogP contribution in [0.5, 0.6) is 0 Å². The molecule has 0 aliphatic heterocycles. The highest BCUT2D eigenvalue weighted by molar-refractivity contribution is 14.1. The second kappa shape index (κ2) is 4.75. The van der Waals surface area contributed by atoms with Crippen LogP contribution in [-0.4, -0.2) is 9.91 Å². The Kier molecular flexibility index (Phi) is 3.85. The summed E-state index contributed by atoms with van der Waals surface area (Å²) in [6.45, 7) is 0.0169. The van der Waals surface area contributed by atoms with Crippen molar-refractivity contribution in [3.8, 4) is 0 Å². The molecule has 1 rings (SSSR count). The number of rotatable bonds is 3. The summed E-state index contributed by atoms with van der Waals surface area (Å²) in [5, 5.41) is 10.5. The van der Waals surface area contributed by atoms with E-state index in [1.165, 1.54) is 0 Å². The number of hydrogen-bond acceptors (Lipinski definition) is 4. The quantitative estimate of drug-likeness (QED) is 0.522. The molecule has 0 saturated heterocycles. The summed E-state index contributed by atoms with van der Waals surface area (Å²) in [5.41, 5.74) is 4.99. The second-order valence-corrected chi connectivity index (χ2v) is 3.68. The van der Waals surface area contributed by atoms with Gasteiger partial charge >= 0.3 is 5.82 Å². The van der Waals surface area contributed by atoms with E-state index in [4.69, 9.17) is 5.73 Å². The van der Waals surface area contributed by atoms with Crippen molar-refractivity contribution in [2.75, 3.05) is 0 Å². The maximum absolute atomic E-state index is 12.6. The molecular weight excluding hydrogens is 323 g/mol. The Labute approximate surface area is 97.0 Å². The highest BCUT2D eigenvalue weighted by Crippen LogP contribution is 2.32. The Morgan fingerprint density at radius 2 is 2.27 bits per heavy atom. The Morgan fingerprint density at radius 1 is 1.67 bits per heavy atom. The fourth-order valence-corrected chi connectivity index (χ4v) is 1.85. The van der Waals surface area contributed by atoms with Crippen molar-refractivity contribution in [3.05, 3.63) is 31.0 Å². The van der Waals surface area contributed by atoms with Crippen LogP contribution in [-0.2, 0) is 6.54 Å². The first-order valence-electron chi connectivity index (χ1n) is 3.79. The van der Waals surface area contributed by atoms with Crippen molar-refractivity contribution in [2.45, 2.75) is 13.0 Å². The summed E-state index contributed by atoms with van der Waals surface area (Å²) >= 11 is 1.61. The van der Waals surface area contributed by atoms with E-state index in [2.05, 4.69) is 4.98 Å². The van der Waals surface area contributed by atoms with Gasteiger partial charge in [0.25, 0.3) is 6.43 Å². The van der Waals surface area contributed by atoms with Crippen LogP contribution < -0.4 is 5.73 Å². The molecule has 5 nitrogen and oxygen atoms in total. The molecule has 2 N–H and O–H groups in total. The molecule has 8 heteroatoms. The van der Waals surface area contributed by atoms with Crippen molar-refractivity contribution >= 4 is 28.4 Å². The van der Waals surface area contributed by atoms with E-state index in [0.717, 1.165) is 6.20 Å². The van der Waals surface area contributed by atoms with Gasteiger partial charge in [-0.25, -0.2) is 8.78 Å². The number of nitro groups is 1. The van der Waals surface area contributed by atoms with Crippen molar-refractivity contribution in [3.63, 3.8) is 0 Å². The minimum atomic E-state index is -2.93. The second-order valence-electron chi connectivity index (χ2n) is 2.60. The Morgan fingerprint density at radius 3 is 2.67 bits per heavy atom. The van der Waals surface area contributed by atoms with Gasteiger partial charge in [0, 0.05) is 15.7 Å². The molecule has 0 saturated carbocycles. The molecule has 1 aromatic rings. The molecule has 0 aromatic carbocycles. The third kappa shape index (κ3) is 2.37. The normalized spacial score (nSPS) is 10.7. The Balaban J connectivity index is 3.44. The van der Waals surface area contributed by atoms with Crippen molar-refractivity contribution in [2.24, 2.45) is 5.73 Å². The standard InChI is InChI=1S/C7H6F2IN3O2/c8-6(9)4-5(10)3(1-11)2-12-7(4)13(14)15/h2,6H,1,11H2. The number of nitrogens with two attached hydrogens (primary N) is 1. The summed E-state index contributed by atoms with van der Waals surface area (Å²) in [6.07, 6.45) is -1.79. The lowest BCUT2D eigenvalue weighted by Crippen LogP contribution is -2.07. The maximum Gasteiger partial charge on any atom is 0.373 e. The molecule has 0 spiro atoms. The van der Waals surface area contributed by atoms with E-state index in [-0.39, 0.29) is 10.1 Å². The molecular formula is C7H6F2IN3O2. The van der Waals surface area contributed by atoms with Gasteiger partial charge in [-0.05, 0) is 32.5 Å². The van der Waals surface area contributed by atoms with Gasteiger partial charge in [0.1, 0.15) is 11.8 Å². The predicted octanol–water partition coefficient (Wildman–Crippen LogP) is 1.99. The molecule has 0 aliphatic carbocycles. The fraction of sp³-hybridized carbons (Fsp3) is 0.286. The van der Waals surface area contributed by atoms with Gasteiger partial charge in [-0.15, -0.1) is 0 Å². The lowest BCUT2D eigenvalue weighted by molar-refractivity contribution is -0.391. The van der Waals surface area contributed by atoms with Crippen LogP contribution in [0.3, 0.4) is 0 Å². The Hall–Kier alpha value is -0.900. The summed E-state index contributed by atoms with van der Waals surface area (Å²) in [7, 11) is 0. The van der Waals surface area contributed by atoms with E-state index in [0.29, 0.717) is 5.56 Å². The number of hydrogen-bond donors (Lipinski definition) is 1. The fourth-order valence-electron chi connectivity index (χ4n) is 1.02. The third-order valence-electron chi connectivity index (χ3n) is 1.71. The molecule has 0 aliphatic rings. The average Bonchev–Trinajstić information content (AvgIpc) is 2.16. The SMILES string of the molecule is NCc1cnc([N+](=O)[O-])c(C(F)F)c1I. The molecule has 15 heavy (non-hydrogen) atoms. The maximum atomic E-state index is 12.6. The van der Waals surface area contributed by atoms with Crippen LogP contribution >= 0.6 is 22.6 Å². The van der Waals surface area contributed by atoms with E-state index in [9.17, 15) is 18.9 Å². The van der Waals surface area contributed by atoms with Crippen LogP contribution in [0.15, 0.2) is 6.20 Å². The molecule has 0 atom stereocenters. The van der Waals surface area contributed by atoms with Crippen molar-refractivity contribution in [1.82, 2.24) is 4.98 Å². The van der Waals surface area contributed by atoms with Gasteiger partial charge in [0.05, 0.1) is 0 Å². The number of halogens is 3. The third-order valence-corrected chi connectivity index (χ3v) is 2.99. The number of pyridine rings is 1. The molecule has 0 fully saturated rings.